The van der Waals surface area contributed by atoms with E-state index in [2.05, 4.69) is 12.1 Å². The quantitative estimate of drug-likeness (QED) is 0.354. The lowest BCUT2D eigenvalue weighted by Gasteiger charge is -2.20. The Bertz CT molecular complexity index is 441. The van der Waals surface area contributed by atoms with E-state index >= 15 is 0 Å². The van der Waals surface area contributed by atoms with Gasteiger partial charge >= 0.3 is 0 Å². The van der Waals surface area contributed by atoms with E-state index < -0.39 is 0 Å². The molecule has 0 heterocycles. The van der Waals surface area contributed by atoms with E-state index in [1.807, 2.05) is 24.0 Å². The molecule has 1 aromatic carbocycles. The van der Waals surface area contributed by atoms with Crippen molar-refractivity contribution in [2.75, 3.05) is 13.1 Å². The SMILES string of the molecule is CCCN(CC)C(=O)Cc1ccc(C(N)=NO)cc1. The number of hydrogen-bond donors (Lipinski definition) is 2. The van der Waals surface area contributed by atoms with Crippen molar-refractivity contribution in [1.29, 1.82) is 0 Å². The normalized spacial score (nSPS) is 11.4. The summed E-state index contributed by atoms with van der Waals surface area (Å²) in [6.45, 7) is 5.56. The topological polar surface area (TPSA) is 78.9 Å². The van der Waals surface area contributed by atoms with Crippen molar-refractivity contribution in [2.45, 2.75) is 26.7 Å². The number of carbonyl (C=O) groups excluding carboxylic acids is 1. The maximum Gasteiger partial charge on any atom is 0.226 e. The fourth-order valence-corrected chi connectivity index (χ4v) is 1.87. The summed E-state index contributed by atoms with van der Waals surface area (Å²) >= 11 is 0. The number of rotatable bonds is 6. The Morgan fingerprint density at radius 3 is 2.42 bits per heavy atom. The number of nitrogens with zero attached hydrogens (tertiary/aromatic N) is 2. The lowest BCUT2D eigenvalue weighted by atomic mass is 10.1. The second-order valence-electron chi connectivity index (χ2n) is 4.33. The second kappa shape index (κ2) is 7.41. The molecule has 5 nitrogen and oxygen atoms in total. The molecule has 1 amide bonds. The first kappa shape index (κ1) is 15.0. The highest BCUT2D eigenvalue weighted by atomic mass is 16.4. The molecule has 0 aliphatic heterocycles. The number of likely N-dealkylation sites (N-methyl/N-ethyl adjacent to an activating group) is 1. The van der Waals surface area contributed by atoms with E-state index in [-0.39, 0.29) is 11.7 Å². The first-order valence-corrected chi connectivity index (χ1v) is 6.47. The highest BCUT2D eigenvalue weighted by Crippen LogP contribution is 2.07. The lowest BCUT2D eigenvalue weighted by Crippen LogP contribution is -2.32. The molecule has 0 spiro atoms. The van der Waals surface area contributed by atoms with Crippen LogP contribution in [0.5, 0.6) is 0 Å². The Morgan fingerprint density at radius 2 is 1.95 bits per heavy atom. The van der Waals surface area contributed by atoms with Gasteiger partial charge in [0, 0.05) is 18.7 Å². The van der Waals surface area contributed by atoms with E-state index in [0.29, 0.717) is 12.0 Å². The molecule has 0 aliphatic rings. The molecule has 0 saturated heterocycles. The third-order valence-corrected chi connectivity index (χ3v) is 2.94. The molecule has 5 heteroatoms. The summed E-state index contributed by atoms with van der Waals surface area (Å²) < 4.78 is 0. The maximum absolute atomic E-state index is 12.0. The Labute approximate surface area is 113 Å². The van der Waals surface area contributed by atoms with Crippen molar-refractivity contribution in [2.24, 2.45) is 10.9 Å². The van der Waals surface area contributed by atoms with Gasteiger partial charge in [-0.3, -0.25) is 4.79 Å². The molecule has 0 bridgehead atoms. The molecule has 0 saturated carbocycles. The van der Waals surface area contributed by atoms with Crippen molar-refractivity contribution < 1.29 is 10.0 Å². The van der Waals surface area contributed by atoms with E-state index in [9.17, 15) is 4.79 Å². The largest absolute Gasteiger partial charge is 0.409 e. The minimum Gasteiger partial charge on any atom is -0.409 e. The van der Waals surface area contributed by atoms with Crippen LogP contribution in [0.25, 0.3) is 0 Å². The van der Waals surface area contributed by atoms with Crippen LogP contribution in [0, 0.1) is 0 Å². The highest BCUT2D eigenvalue weighted by Gasteiger charge is 2.11. The van der Waals surface area contributed by atoms with Crippen LogP contribution < -0.4 is 5.73 Å². The number of oxime groups is 1. The van der Waals surface area contributed by atoms with Crippen LogP contribution in [-0.4, -0.2) is 34.9 Å². The number of hydrogen-bond acceptors (Lipinski definition) is 3. The lowest BCUT2D eigenvalue weighted by molar-refractivity contribution is -0.130. The van der Waals surface area contributed by atoms with Crippen LogP contribution in [-0.2, 0) is 11.2 Å². The summed E-state index contributed by atoms with van der Waals surface area (Å²) in [5.74, 6) is 0.194. The number of amides is 1. The number of amidine groups is 1. The molecule has 3 N–H and O–H groups in total. The van der Waals surface area contributed by atoms with Crippen LogP contribution in [0.2, 0.25) is 0 Å². The van der Waals surface area contributed by atoms with E-state index in [1.54, 1.807) is 12.1 Å². The zero-order valence-corrected chi connectivity index (χ0v) is 11.5. The zero-order valence-electron chi connectivity index (χ0n) is 11.5. The van der Waals surface area contributed by atoms with Gasteiger partial charge in [-0.1, -0.05) is 36.3 Å². The Kier molecular flexibility index (Phi) is 5.85. The number of carbonyl (C=O) groups is 1. The molecule has 0 unspecified atom stereocenters. The average Bonchev–Trinajstić information content (AvgIpc) is 2.44. The summed E-state index contributed by atoms with van der Waals surface area (Å²) in [6.07, 6.45) is 1.34. The Morgan fingerprint density at radius 1 is 1.32 bits per heavy atom. The van der Waals surface area contributed by atoms with Gasteiger partial charge in [0.25, 0.3) is 0 Å². The predicted octanol–water partition coefficient (Wildman–Crippen LogP) is 1.58. The molecule has 1 rings (SSSR count). The first-order chi connectivity index (χ1) is 9.12. The smallest absolute Gasteiger partial charge is 0.226 e. The third kappa shape index (κ3) is 4.28. The summed E-state index contributed by atoms with van der Waals surface area (Å²) in [5, 5.41) is 11.5. The molecule has 19 heavy (non-hydrogen) atoms. The Balaban J connectivity index is 2.69. The monoisotopic (exact) mass is 263 g/mol. The molecule has 0 fully saturated rings. The molecule has 1 aromatic rings. The maximum atomic E-state index is 12.0. The van der Waals surface area contributed by atoms with Gasteiger partial charge in [-0.25, -0.2) is 0 Å². The molecule has 0 aromatic heterocycles. The summed E-state index contributed by atoms with van der Waals surface area (Å²) in [4.78, 5) is 13.9. The summed E-state index contributed by atoms with van der Waals surface area (Å²) in [5.41, 5.74) is 7.04. The summed E-state index contributed by atoms with van der Waals surface area (Å²) in [7, 11) is 0. The predicted molar refractivity (Wildman–Crippen MR) is 75.2 cm³/mol. The standard InChI is InChI=1S/C14H21N3O2/c1-3-9-17(4-2)13(18)10-11-5-7-12(8-6-11)14(15)16-19/h5-8,19H,3-4,9-10H2,1-2H3,(H2,15,16). The van der Waals surface area contributed by atoms with E-state index in [1.165, 1.54) is 0 Å². The fourth-order valence-electron chi connectivity index (χ4n) is 1.87. The van der Waals surface area contributed by atoms with Gasteiger partial charge in [-0.2, -0.15) is 0 Å². The molecular formula is C14H21N3O2. The minimum atomic E-state index is 0.0686. The van der Waals surface area contributed by atoms with Gasteiger partial charge in [0.05, 0.1) is 6.42 Å². The van der Waals surface area contributed by atoms with Crippen molar-refractivity contribution in [3.8, 4) is 0 Å². The van der Waals surface area contributed by atoms with Crippen LogP contribution in [0.1, 0.15) is 31.4 Å². The minimum absolute atomic E-state index is 0.0686. The van der Waals surface area contributed by atoms with Crippen molar-refractivity contribution in [3.05, 3.63) is 35.4 Å². The van der Waals surface area contributed by atoms with Crippen LogP contribution in [0.15, 0.2) is 29.4 Å². The first-order valence-electron chi connectivity index (χ1n) is 6.47. The summed E-state index contributed by atoms with van der Waals surface area (Å²) in [6, 6.07) is 7.14. The number of benzene rings is 1. The molecule has 0 aliphatic carbocycles. The van der Waals surface area contributed by atoms with Crippen LogP contribution in [0.4, 0.5) is 0 Å². The van der Waals surface area contributed by atoms with E-state index in [0.717, 1.165) is 25.1 Å². The van der Waals surface area contributed by atoms with Crippen LogP contribution in [0.3, 0.4) is 0 Å². The highest BCUT2D eigenvalue weighted by molar-refractivity contribution is 5.97. The van der Waals surface area contributed by atoms with Gasteiger partial charge in [0.2, 0.25) is 5.91 Å². The second-order valence-corrected chi connectivity index (χ2v) is 4.33. The van der Waals surface area contributed by atoms with Gasteiger partial charge in [0.1, 0.15) is 0 Å². The molecular weight excluding hydrogens is 242 g/mol. The molecule has 104 valence electrons. The van der Waals surface area contributed by atoms with Crippen molar-refractivity contribution in [1.82, 2.24) is 4.90 Å². The van der Waals surface area contributed by atoms with Crippen molar-refractivity contribution >= 4 is 11.7 Å². The third-order valence-electron chi connectivity index (χ3n) is 2.94. The van der Waals surface area contributed by atoms with Gasteiger partial charge in [0.15, 0.2) is 5.84 Å². The van der Waals surface area contributed by atoms with Gasteiger partial charge in [-0.05, 0) is 18.9 Å². The zero-order chi connectivity index (χ0) is 14.3. The number of nitrogens with two attached hydrogens (primary N) is 1. The molecule has 0 atom stereocenters. The van der Waals surface area contributed by atoms with E-state index in [4.69, 9.17) is 10.9 Å². The van der Waals surface area contributed by atoms with Gasteiger partial charge < -0.3 is 15.8 Å². The fraction of sp³-hybridized carbons (Fsp3) is 0.429. The average molecular weight is 263 g/mol. The van der Waals surface area contributed by atoms with Gasteiger partial charge in [-0.15, -0.1) is 0 Å². The molecule has 0 radical (unpaired) electrons. The van der Waals surface area contributed by atoms with Crippen LogP contribution >= 0.6 is 0 Å². The Hall–Kier alpha value is -2.04. The van der Waals surface area contributed by atoms with Crippen molar-refractivity contribution in [3.63, 3.8) is 0 Å².